The first kappa shape index (κ1) is 14.9. The quantitative estimate of drug-likeness (QED) is 0.793. The molecule has 1 aliphatic rings. The van der Waals surface area contributed by atoms with Gasteiger partial charge >= 0.3 is 0 Å². The largest absolute Gasteiger partial charge is 0.385 e. The van der Waals surface area contributed by atoms with Gasteiger partial charge in [-0.2, -0.15) is 0 Å². The molecule has 0 atom stereocenters. The third-order valence-electron chi connectivity index (χ3n) is 4.04. The topological polar surface area (TPSA) is 41.1 Å². The van der Waals surface area contributed by atoms with E-state index in [9.17, 15) is 4.79 Å². The standard InChI is InChI=1S/C17H26N2O/c1-2-12-18-16-9-7-15(8-10-16)17(20)19-13-11-14-5-3-4-6-14/h7-10,14,18H,2-6,11-13H2,1H3,(H,19,20). The summed E-state index contributed by atoms with van der Waals surface area (Å²) in [5, 5.41) is 6.34. The molecule has 0 heterocycles. The van der Waals surface area contributed by atoms with E-state index in [2.05, 4.69) is 17.6 Å². The number of carbonyl (C=O) groups excluding carboxylic acids is 1. The van der Waals surface area contributed by atoms with Gasteiger partial charge in [0.15, 0.2) is 0 Å². The van der Waals surface area contributed by atoms with Gasteiger partial charge in [0.05, 0.1) is 0 Å². The zero-order chi connectivity index (χ0) is 14.2. The van der Waals surface area contributed by atoms with Crippen LogP contribution >= 0.6 is 0 Å². The summed E-state index contributed by atoms with van der Waals surface area (Å²) in [5.41, 5.74) is 1.83. The third kappa shape index (κ3) is 4.55. The predicted octanol–water partition coefficient (Wildman–Crippen LogP) is 3.82. The first-order valence-electron chi connectivity index (χ1n) is 7.91. The molecular weight excluding hydrogens is 248 g/mol. The van der Waals surface area contributed by atoms with Crippen LogP contribution in [0.5, 0.6) is 0 Å². The van der Waals surface area contributed by atoms with Crippen LogP contribution in [0.2, 0.25) is 0 Å². The Bertz CT molecular complexity index is 408. The molecule has 2 N–H and O–H groups in total. The molecule has 0 aliphatic heterocycles. The van der Waals surface area contributed by atoms with Crippen LogP contribution in [0, 0.1) is 5.92 Å². The minimum Gasteiger partial charge on any atom is -0.385 e. The Labute approximate surface area is 122 Å². The number of amides is 1. The molecule has 20 heavy (non-hydrogen) atoms. The van der Waals surface area contributed by atoms with Gasteiger partial charge in [-0.25, -0.2) is 0 Å². The van der Waals surface area contributed by atoms with Crippen molar-refractivity contribution in [2.75, 3.05) is 18.4 Å². The lowest BCUT2D eigenvalue weighted by Gasteiger charge is -2.10. The highest BCUT2D eigenvalue weighted by Gasteiger charge is 2.14. The molecule has 1 saturated carbocycles. The second kappa shape index (κ2) is 7.93. The number of hydrogen-bond donors (Lipinski definition) is 2. The summed E-state index contributed by atoms with van der Waals surface area (Å²) in [4.78, 5) is 12.0. The maximum atomic E-state index is 12.0. The Hall–Kier alpha value is -1.51. The molecule has 3 nitrogen and oxygen atoms in total. The van der Waals surface area contributed by atoms with Crippen molar-refractivity contribution in [1.29, 1.82) is 0 Å². The fourth-order valence-corrected chi connectivity index (χ4v) is 2.80. The van der Waals surface area contributed by atoms with Gasteiger partial charge in [-0.15, -0.1) is 0 Å². The predicted molar refractivity (Wildman–Crippen MR) is 84.1 cm³/mol. The fraction of sp³-hybridized carbons (Fsp3) is 0.588. The lowest BCUT2D eigenvalue weighted by molar-refractivity contribution is 0.0951. The number of hydrogen-bond acceptors (Lipinski definition) is 2. The van der Waals surface area contributed by atoms with Crippen molar-refractivity contribution < 1.29 is 4.79 Å². The number of nitrogens with one attached hydrogen (secondary N) is 2. The summed E-state index contributed by atoms with van der Waals surface area (Å²) in [6.45, 7) is 3.91. The van der Waals surface area contributed by atoms with E-state index in [1.807, 2.05) is 24.3 Å². The van der Waals surface area contributed by atoms with E-state index in [0.717, 1.165) is 43.1 Å². The Morgan fingerprint density at radius 1 is 1.15 bits per heavy atom. The fourth-order valence-electron chi connectivity index (χ4n) is 2.80. The number of anilines is 1. The van der Waals surface area contributed by atoms with Gasteiger partial charge in [-0.05, 0) is 43.0 Å². The van der Waals surface area contributed by atoms with Crippen molar-refractivity contribution in [3.8, 4) is 0 Å². The Morgan fingerprint density at radius 2 is 1.85 bits per heavy atom. The van der Waals surface area contributed by atoms with Gasteiger partial charge in [0.2, 0.25) is 0 Å². The first-order valence-corrected chi connectivity index (χ1v) is 7.91. The lowest BCUT2D eigenvalue weighted by atomic mass is 10.0. The van der Waals surface area contributed by atoms with Crippen LogP contribution in [0.4, 0.5) is 5.69 Å². The van der Waals surface area contributed by atoms with Crippen molar-refractivity contribution in [3.05, 3.63) is 29.8 Å². The average molecular weight is 274 g/mol. The molecule has 1 aromatic carbocycles. The third-order valence-corrected chi connectivity index (χ3v) is 4.04. The molecule has 0 aromatic heterocycles. The summed E-state index contributed by atoms with van der Waals surface area (Å²) in [6.07, 6.45) is 7.64. The van der Waals surface area contributed by atoms with E-state index in [-0.39, 0.29) is 5.91 Å². The molecule has 1 amide bonds. The Kier molecular flexibility index (Phi) is 5.90. The van der Waals surface area contributed by atoms with E-state index in [0.29, 0.717) is 0 Å². The van der Waals surface area contributed by atoms with Crippen LogP contribution in [0.3, 0.4) is 0 Å². The van der Waals surface area contributed by atoms with Gasteiger partial charge in [0, 0.05) is 24.3 Å². The van der Waals surface area contributed by atoms with Crippen LogP contribution in [-0.4, -0.2) is 19.0 Å². The second-order valence-electron chi connectivity index (χ2n) is 5.70. The van der Waals surface area contributed by atoms with Gasteiger partial charge in [0.1, 0.15) is 0 Å². The summed E-state index contributed by atoms with van der Waals surface area (Å²) in [6, 6.07) is 7.73. The minimum atomic E-state index is 0.0463. The van der Waals surface area contributed by atoms with Crippen LogP contribution in [0.25, 0.3) is 0 Å². The molecule has 1 aliphatic carbocycles. The summed E-state index contributed by atoms with van der Waals surface area (Å²) in [7, 11) is 0. The molecule has 0 spiro atoms. The van der Waals surface area contributed by atoms with Crippen molar-refractivity contribution in [2.45, 2.75) is 45.4 Å². The Morgan fingerprint density at radius 3 is 2.50 bits per heavy atom. The van der Waals surface area contributed by atoms with Gasteiger partial charge in [-0.1, -0.05) is 32.6 Å². The number of carbonyl (C=O) groups is 1. The maximum absolute atomic E-state index is 12.0. The zero-order valence-electron chi connectivity index (χ0n) is 12.5. The maximum Gasteiger partial charge on any atom is 0.251 e. The molecule has 0 saturated heterocycles. The van der Waals surface area contributed by atoms with E-state index >= 15 is 0 Å². The van der Waals surface area contributed by atoms with Crippen molar-refractivity contribution in [2.24, 2.45) is 5.92 Å². The number of benzene rings is 1. The molecule has 0 unspecified atom stereocenters. The molecule has 3 heteroatoms. The van der Waals surface area contributed by atoms with Crippen LogP contribution in [-0.2, 0) is 0 Å². The first-order chi connectivity index (χ1) is 9.79. The van der Waals surface area contributed by atoms with E-state index in [1.54, 1.807) is 0 Å². The molecule has 2 rings (SSSR count). The van der Waals surface area contributed by atoms with Crippen LogP contribution in [0.15, 0.2) is 24.3 Å². The highest BCUT2D eigenvalue weighted by Crippen LogP contribution is 2.26. The van der Waals surface area contributed by atoms with Crippen molar-refractivity contribution in [1.82, 2.24) is 5.32 Å². The molecule has 0 radical (unpaired) electrons. The van der Waals surface area contributed by atoms with Crippen LogP contribution < -0.4 is 10.6 Å². The Balaban J connectivity index is 1.73. The monoisotopic (exact) mass is 274 g/mol. The van der Waals surface area contributed by atoms with Gasteiger partial charge in [-0.3, -0.25) is 4.79 Å². The molecule has 1 fully saturated rings. The summed E-state index contributed by atoms with van der Waals surface area (Å²) in [5.74, 6) is 0.876. The smallest absolute Gasteiger partial charge is 0.251 e. The zero-order valence-corrected chi connectivity index (χ0v) is 12.5. The molecule has 0 bridgehead atoms. The summed E-state index contributed by atoms with van der Waals surface area (Å²) >= 11 is 0. The van der Waals surface area contributed by atoms with Crippen LogP contribution in [0.1, 0.15) is 55.8 Å². The second-order valence-corrected chi connectivity index (χ2v) is 5.70. The van der Waals surface area contributed by atoms with E-state index in [4.69, 9.17) is 0 Å². The van der Waals surface area contributed by atoms with E-state index in [1.165, 1.54) is 25.7 Å². The average Bonchev–Trinajstić information content (AvgIpc) is 2.99. The molecule has 1 aromatic rings. The summed E-state index contributed by atoms with van der Waals surface area (Å²) < 4.78 is 0. The van der Waals surface area contributed by atoms with Crippen molar-refractivity contribution in [3.63, 3.8) is 0 Å². The van der Waals surface area contributed by atoms with Crippen molar-refractivity contribution >= 4 is 11.6 Å². The number of rotatable bonds is 7. The highest BCUT2D eigenvalue weighted by atomic mass is 16.1. The van der Waals surface area contributed by atoms with Gasteiger partial charge < -0.3 is 10.6 Å². The SMILES string of the molecule is CCCNc1ccc(C(=O)NCCC2CCCC2)cc1. The van der Waals surface area contributed by atoms with E-state index < -0.39 is 0 Å². The minimum absolute atomic E-state index is 0.0463. The normalized spacial score (nSPS) is 15.2. The van der Waals surface area contributed by atoms with Gasteiger partial charge in [0.25, 0.3) is 5.91 Å². The molecule has 110 valence electrons. The highest BCUT2D eigenvalue weighted by molar-refractivity contribution is 5.94. The lowest BCUT2D eigenvalue weighted by Crippen LogP contribution is -2.25. The molecular formula is C17H26N2O.